The van der Waals surface area contributed by atoms with Gasteiger partial charge in [-0.25, -0.2) is 0 Å². The van der Waals surface area contributed by atoms with Crippen LogP contribution in [0.3, 0.4) is 0 Å². The highest BCUT2D eigenvalue weighted by Crippen LogP contribution is 2.19. The van der Waals surface area contributed by atoms with Gasteiger partial charge in [0.1, 0.15) is 0 Å². The van der Waals surface area contributed by atoms with Gasteiger partial charge in [0.15, 0.2) is 5.78 Å². The van der Waals surface area contributed by atoms with Crippen molar-refractivity contribution in [1.82, 2.24) is 4.90 Å². The van der Waals surface area contributed by atoms with E-state index in [-0.39, 0.29) is 24.5 Å². The van der Waals surface area contributed by atoms with Crippen molar-refractivity contribution < 1.29 is 14.6 Å². The first-order valence-electron chi connectivity index (χ1n) is 7.38. The molecule has 1 saturated heterocycles. The number of likely N-dealkylation sites (tertiary alicyclic amines) is 1. The Kier molecular flexibility index (Phi) is 6.18. The SMILES string of the molecule is CC(C(=O)c1ccc(Cl)cc1)N1CCC(OCCO)CC1. The summed E-state index contributed by atoms with van der Waals surface area (Å²) in [6.45, 7) is 4.09. The van der Waals surface area contributed by atoms with Gasteiger partial charge in [0.05, 0.1) is 25.4 Å². The van der Waals surface area contributed by atoms with Gasteiger partial charge in [-0.15, -0.1) is 0 Å². The summed E-state index contributed by atoms with van der Waals surface area (Å²) in [7, 11) is 0. The number of carbonyl (C=O) groups excluding carboxylic acids is 1. The maximum atomic E-state index is 12.5. The summed E-state index contributed by atoms with van der Waals surface area (Å²) in [6, 6.07) is 6.91. The lowest BCUT2D eigenvalue weighted by Crippen LogP contribution is -2.45. The van der Waals surface area contributed by atoms with Crippen LogP contribution < -0.4 is 0 Å². The second-order valence-electron chi connectivity index (χ2n) is 5.38. The number of halogens is 1. The summed E-state index contributed by atoms with van der Waals surface area (Å²) in [6.07, 6.45) is 2.00. The van der Waals surface area contributed by atoms with Gasteiger partial charge in [0, 0.05) is 23.7 Å². The predicted molar refractivity (Wildman–Crippen MR) is 82.9 cm³/mol. The molecule has 1 fully saturated rings. The van der Waals surface area contributed by atoms with Gasteiger partial charge < -0.3 is 9.84 Å². The van der Waals surface area contributed by atoms with Gasteiger partial charge in [-0.2, -0.15) is 0 Å². The minimum absolute atomic E-state index is 0.0612. The van der Waals surface area contributed by atoms with Crippen LogP contribution in [0.2, 0.25) is 5.02 Å². The molecule has 21 heavy (non-hydrogen) atoms. The van der Waals surface area contributed by atoms with Crippen molar-refractivity contribution in [3.05, 3.63) is 34.9 Å². The Morgan fingerprint density at radius 1 is 1.38 bits per heavy atom. The number of ether oxygens (including phenoxy) is 1. The molecule has 2 rings (SSSR count). The molecule has 0 radical (unpaired) electrons. The minimum atomic E-state index is -0.134. The largest absolute Gasteiger partial charge is 0.394 e. The topological polar surface area (TPSA) is 49.8 Å². The number of ketones is 1. The van der Waals surface area contributed by atoms with Crippen molar-refractivity contribution in [3.8, 4) is 0 Å². The van der Waals surface area contributed by atoms with Crippen LogP contribution in [0.25, 0.3) is 0 Å². The number of hydrogen-bond donors (Lipinski definition) is 1. The maximum absolute atomic E-state index is 12.5. The van der Waals surface area contributed by atoms with Crippen LogP contribution in [0, 0.1) is 0 Å². The quantitative estimate of drug-likeness (QED) is 0.820. The normalized spacial score (nSPS) is 18.6. The van der Waals surface area contributed by atoms with E-state index in [1.165, 1.54) is 0 Å². The van der Waals surface area contributed by atoms with Crippen LogP contribution in [0.15, 0.2) is 24.3 Å². The van der Waals surface area contributed by atoms with E-state index >= 15 is 0 Å². The van der Waals surface area contributed by atoms with Crippen molar-refractivity contribution in [2.45, 2.75) is 31.9 Å². The van der Waals surface area contributed by atoms with E-state index in [1.54, 1.807) is 24.3 Å². The lowest BCUT2D eigenvalue weighted by Gasteiger charge is -2.35. The highest BCUT2D eigenvalue weighted by atomic mass is 35.5. The Morgan fingerprint density at radius 3 is 2.57 bits per heavy atom. The summed E-state index contributed by atoms with van der Waals surface area (Å²) in [5.41, 5.74) is 0.700. The van der Waals surface area contributed by atoms with E-state index in [2.05, 4.69) is 4.90 Å². The van der Waals surface area contributed by atoms with Gasteiger partial charge in [-0.05, 0) is 44.0 Å². The molecule has 4 nitrogen and oxygen atoms in total. The number of nitrogens with zero attached hydrogens (tertiary/aromatic N) is 1. The molecule has 0 aliphatic carbocycles. The minimum Gasteiger partial charge on any atom is -0.394 e. The molecule has 1 aliphatic heterocycles. The number of benzene rings is 1. The van der Waals surface area contributed by atoms with Crippen LogP contribution in [-0.2, 0) is 4.74 Å². The van der Waals surface area contributed by atoms with Crippen LogP contribution in [0.4, 0.5) is 0 Å². The second-order valence-corrected chi connectivity index (χ2v) is 5.81. The third-order valence-corrected chi connectivity index (χ3v) is 4.23. The molecular weight excluding hydrogens is 290 g/mol. The molecule has 1 heterocycles. The Hall–Kier alpha value is -0.940. The van der Waals surface area contributed by atoms with E-state index in [1.807, 2.05) is 6.92 Å². The Labute approximate surface area is 130 Å². The molecule has 0 amide bonds. The van der Waals surface area contributed by atoms with Crippen molar-refractivity contribution in [3.63, 3.8) is 0 Å². The molecule has 1 atom stereocenters. The molecule has 1 aromatic carbocycles. The number of piperidine rings is 1. The Morgan fingerprint density at radius 2 is 2.00 bits per heavy atom. The first-order valence-corrected chi connectivity index (χ1v) is 7.76. The van der Waals surface area contributed by atoms with Gasteiger partial charge in [0.25, 0.3) is 0 Å². The third-order valence-electron chi connectivity index (χ3n) is 3.98. The third kappa shape index (κ3) is 4.51. The monoisotopic (exact) mass is 311 g/mol. The second kappa shape index (κ2) is 7.90. The van der Waals surface area contributed by atoms with E-state index in [0.29, 0.717) is 17.2 Å². The first kappa shape index (κ1) is 16.4. The summed E-state index contributed by atoms with van der Waals surface area (Å²) in [5, 5.41) is 9.41. The van der Waals surface area contributed by atoms with Crippen LogP contribution in [-0.4, -0.2) is 54.2 Å². The summed E-state index contributed by atoms with van der Waals surface area (Å²) in [4.78, 5) is 14.6. The Bertz CT molecular complexity index is 455. The molecule has 0 aromatic heterocycles. The molecule has 1 N–H and O–H groups in total. The molecule has 116 valence electrons. The molecule has 5 heteroatoms. The van der Waals surface area contributed by atoms with E-state index in [4.69, 9.17) is 21.4 Å². The lowest BCUT2D eigenvalue weighted by molar-refractivity contribution is -0.0125. The highest BCUT2D eigenvalue weighted by Gasteiger charge is 2.27. The molecule has 0 spiro atoms. The van der Waals surface area contributed by atoms with Crippen molar-refractivity contribution in [2.75, 3.05) is 26.3 Å². The number of rotatable bonds is 6. The number of Topliss-reactive ketones (excluding diaryl/α,β-unsaturated/α-hetero) is 1. The fourth-order valence-electron chi connectivity index (χ4n) is 2.67. The summed E-state index contributed by atoms with van der Waals surface area (Å²) in [5.74, 6) is 0.126. The van der Waals surface area contributed by atoms with E-state index < -0.39 is 0 Å². The van der Waals surface area contributed by atoms with E-state index in [0.717, 1.165) is 25.9 Å². The smallest absolute Gasteiger partial charge is 0.179 e. The number of carbonyl (C=O) groups is 1. The molecular formula is C16H22ClNO3. The fraction of sp³-hybridized carbons (Fsp3) is 0.562. The molecule has 1 unspecified atom stereocenters. The van der Waals surface area contributed by atoms with Crippen molar-refractivity contribution >= 4 is 17.4 Å². The van der Waals surface area contributed by atoms with Gasteiger partial charge in [-0.1, -0.05) is 11.6 Å². The summed E-state index contributed by atoms with van der Waals surface area (Å²) >= 11 is 5.85. The highest BCUT2D eigenvalue weighted by molar-refractivity contribution is 6.30. The predicted octanol–water partition coefficient (Wildman–Crippen LogP) is 2.38. The first-order chi connectivity index (χ1) is 10.1. The molecule has 1 aliphatic rings. The van der Waals surface area contributed by atoms with Crippen LogP contribution in [0.5, 0.6) is 0 Å². The van der Waals surface area contributed by atoms with Crippen molar-refractivity contribution in [1.29, 1.82) is 0 Å². The Balaban J connectivity index is 1.88. The van der Waals surface area contributed by atoms with Crippen LogP contribution in [0.1, 0.15) is 30.1 Å². The zero-order valence-electron chi connectivity index (χ0n) is 12.3. The number of hydrogen-bond acceptors (Lipinski definition) is 4. The molecule has 1 aromatic rings. The average Bonchev–Trinajstić information content (AvgIpc) is 2.53. The standard InChI is InChI=1S/C16H22ClNO3/c1-12(16(20)13-2-4-14(17)5-3-13)18-8-6-15(7-9-18)21-11-10-19/h2-5,12,15,19H,6-11H2,1H3. The maximum Gasteiger partial charge on any atom is 0.179 e. The average molecular weight is 312 g/mol. The zero-order chi connectivity index (χ0) is 15.2. The fourth-order valence-corrected chi connectivity index (χ4v) is 2.80. The molecule has 0 saturated carbocycles. The number of aliphatic hydroxyl groups is 1. The zero-order valence-corrected chi connectivity index (χ0v) is 13.1. The van der Waals surface area contributed by atoms with E-state index in [9.17, 15) is 4.79 Å². The van der Waals surface area contributed by atoms with Gasteiger partial charge in [-0.3, -0.25) is 9.69 Å². The van der Waals surface area contributed by atoms with Crippen LogP contribution >= 0.6 is 11.6 Å². The van der Waals surface area contributed by atoms with Gasteiger partial charge in [0.2, 0.25) is 0 Å². The summed E-state index contributed by atoms with van der Waals surface area (Å²) < 4.78 is 5.54. The lowest BCUT2D eigenvalue weighted by atomic mass is 10.0. The van der Waals surface area contributed by atoms with Crippen molar-refractivity contribution in [2.24, 2.45) is 0 Å². The van der Waals surface area contributed by atoms with Gasteiger partial charge >= 0.3 is 0 Å². The number of aliphatic hydroxyl groups excluding tert-OH is 1. The molecule has 0 bridgehead atoms.